The minimum absolute atomic E-state index is 0.646. The fraction of sp³-hybridized carbons (Fsp3) is 0.842. The van der Waals surface area contributed by atoms with Crippen molar-refractivity contribution in [1.29, 1.82) is 0 Å². The van der Waals surface area contributed by atoms with Gasteiger partial charge in [-0.1, -0.05) is 0 Å². The summed E-state index contributed by atoms with van der Waals surface area (Å²) in [5.41, 5.74) is 0. The number of carbonyl (C=O) groups is 6. The second kappa shape index (κ2) is 24.0. The maximum Gasteiger partial charge on any atom is 0.364 e. The number of rotatable bonds is 20. The molecule has 4 fully saturated rings. The zero-order valence-corrected chi connectivity index (χ0v) is 37.4. The third-order valence-corrected chi connectivity index (χ3v) is 11.7. The molecule has 18 N–H and O–H groups in total. The highest BCUT2D eigenvalue weighted by Gasteiger charge is 2.61. The third-order valence-electron chi connectivity index (χ3n) is 11.7. The van der Waals surface area contributed by atoms with Crippen LogP contribution in [0.4, 0.5) is 0 Å². The van der Waals surface area contributed by atoms with Gasteiger partial charge in [0.25, 0.3) is 11.6 Å². The lowest BCUT2D eigenvalue weighted by molar-refractivity contribution is -0.381. The van der Waals surface area contributed by atoms with Crippen LogP contribution in [0.5, 0.6) is 0 Å². The van der Waals surface area contributed by atoms with Crippen molar-refractivity contribution in [2.45, 2.75) is 174 Å². The highest BCUT2D eigenvalue weighted by molar-refractivity contribution is 5.77. The van der Waals surface area contributed by atoms with E-state index in [0.29, 0.717) is 0 Å². The molecule has 0 aliphatic carbocycles. The minimum atomic E-state index is -3.21. The lowest BCUT2D eigenvalue weighted by Gasteiger charge is -2.51. The summed E-state index contributed by atoms with van der Waals surface area (Å²) in [4.78, 5) is 73.7. The Balaban J connectivity index is 1.67. The van der Waals surface area contributed by atoms with Gasteiger partial charge in [0.1, 0.15) is 79.3 Å². The largest absolute Gasteiger partial charge is 0.477 e. The lowest BCUT2D eigenvalue weighted by atomic mass is 9.88. The second-order valence-electron chi connectivity index (χ2n) is 17.0. The van der Waals surface area contributed by atoms with Crippen LogP contribution in [0.1, 0.15) is 40.5 Å². The number of aliphatic carboxylic acids is 2. The Bertz CT molecular complexity index is 1800. The predicted octanol–water partition coefficient (Wildman–Crippen LogP) is -10.8. The second-order valence-corrected chi connectivity index (χ2v) is 17.0. The number of aliphatic hydroxyl groups excluding tert-OH is 12. The van der Waals surface area contributed by atoms with E-state index in [1.165, 1.54) is 0 Å². The maximum absolute atomic E-state index is 13.1. The van der Waals surface area contributed by atoms with Crippen LogP contribution in [0.15, 0.2) is 0 Å². The highest BCUT2D eigenvalue weighted by atomic mass is 16.8. The molecule has 4 aliphatic heterocycles. The number of hydrogen-bond acceptors (Lipinski definition) is 25. The van der Waals surface area contributed by atoms with Crippen molar-refractivity contribution in [2.75, 3.05) is 26.4 Å². The van der Waals surface area contributed by atoms with Gasteiger partial charge >= 0.3 is 11.9 Å². The summed E-state index contributed by atoms with van der Waals surface area (Å²) in [6.07, 6.45) is -38.0. The first-order chi connectivity index (χ1) is 32.1. The number of carbonyl (C=O) groups excluding carboxylic acids is 4. The molecule has 4 aliphatic rings. The van der Waals surface area contributed by atoms with Crippen molar-refractivity contribution in [3.05, 3.63) is 0 Å². The van der Waals surface area contributed by atoms with Crippen molar-refractivity contribution in [3.63, 3.8) is 0 Å². The molecule has 4 saturated heterocycles. The van der Waals surface area contributed by atoms with E-state index in [1.54, 1.807) is 0 Å². The van der Waals surface area contributed by atoms with Gasteiger partial charge in [-0.05, 0) is 0 Å². The van der Waals surface area contributed by atoms with E-state index in [-0.39, 0.29) is 0 Å². The molecule has 0 aromatic rings. The smallest absolute Gasteiger partial charge is 0.364 e. The van der Waals surface area contributed by atoms with E-state index >= 15 is 0 Å². The van der Waals surface area contributed by atoms with Crippen LogP contribution in [-0.2, 0) is 61.9 Å². The molecule has 0 bridgehead atoms. The molecule has 4 amide bonds. The Morgan fingerprint density at radius 2 is 1.10 bits per heavy atom. The van der Waals surface area contributed by atoms with E-state index in [2.05, 4.69) is 21.3 Å². The topological polar surface area (TPSA) is 498 Å². The molecule has 0 aromatic heterocycles. The molecule has 4 heterocycles. The number of nitrogens with one attached hydrogen (secondary N) is 4. The molecular weight excluding hydrogens is 944 g/mol. The normalized spacial score (nSPS) is 40.0. The summed E-state index contributed by atoms with van der Waals surface area (Å²) in [5, 5.41) is 160. The molecule has 31 nitrogen and oxygen atoms in total. The van der Waals surface area contributed by atoms with Crippen LogP contribution in [0.2, 0.25) is 0 Å². The van der Waals surface area contributed by atoms with Gasteiger partial charge in [-0.25, -0.2) is 9.59 Å². The molecule has 4 rings (SSSR count). The molecule has 396 valence electrons. The van der Waals surface area contributed by atoms with Gasteiger partial charge < -0.3 is 126 Å². The maximum atomic E-state index is 13.1. The van der Waals surface area contributed by atoms with Gasteiger partial charge in [-0.2, -0.15) is 0 Å². The van der Waals surface area contributed by atoms with E-state index < -0.39 is 209 Å². The number of carboxylic acid groups (broad SMARTS) is 2. The first-order valence-corrected chi connectivity index (χ1v) is 21.3. The van der Waals surface area contributed by atoms with Crippen LogP contribution in [-0.4, -0.2) is 267 Å². The van der Waals surface area contributed by atoms with E-state index in [4.69, 9.17) is 33.2 Å². The summed E-state index contributed by atoms with van der Waals surface area (Å²) in [6, 6.07) is -5.09. The van der Waals surface area contributed by atoms with Gasteiger partial charge in [-0.15, -0.1) is 0 Å². The molecular formula is C38H62N4O27. The third kappa shape index (κ3) is 13.3. The van der Waals surface area contributed by atoms with Gasteiger partial charge in [0.2, 0.25) is 23.6 Å². The summed E-state index contributed by atoms with van der Waals surface area (Å²) >= 11 is 0. The Kier molecular flexibility index (Phi) is 20.0. The van der Waals surface area contributed by atoms with Crippen LogP contribution < -0.4 is 21.3 Å². The summed E-state index contributed by atoms with van der Waals surface area (Å²) < 4.78 is 39.3. The number of amides is 4. The van der Waals surface area contributed by atoms with Gasteiger partial charge in [0.15, 0.2) is 12.6 Å². The average Bonchev–Trinajstić information content (AvgIpc) is 3.27. The molecule has 22 atom stereocenters. The van der Waals surface area contributed by atoms with E-state index in [0.717, 1.165) is 27.7 Å². The number of carboxylic acids is 2. The fourth-order valence-corrected chi connectivity index (χ4v) is 8.30. The Morgan fingerprint density at radius 1 is 0.623 bits per heavy atom. The Labute approximate surface area is 390 Å². The Morgan fingerprint density at radius 3 is 1.58 bits per heavy atom. The number of ether oxygens (including phenoxy) is 7. The summed E-state index contributed by atoms with van der Waals surface area (Å²) in [5.74, 6) is -13.4. The first kappa shape index (κ1) is 57.6. The quantitative estimate of drug-likeness (QED) is 0.0538. The number of aliphatic hydroxyl groups is 12. The lowest BCUT2D eigenvalue weighted by Crippen LogP contribution is -2.71. The number of hydrogen-bond donors (Lipinski definition) is 18. The van der Waals surface area contributed by atoms with Gasteiger partial charge in [0, 0.05) is 47.1 Å². The van der Waals surface area contributed by atoms with Crippen molar-refractivity contribution in [1.82, 2.24) is 21.3 Å². The zero-order valence-electron chi connectivity index (χ0n) is 37.4. The standard InChI is InChI=1S/C38H62N4O27/c1-11(45)39-7-17(51)24(53)30-22(41-13(3)47)16(50)6-38(68-30,36(61)62)69-32-26(55)19(9-44)65-34(28(32)57)66-29-23(42-14(4)48)33(58)64-20(27(29)56)10-63-37(35(59)60)5-15(49)21(40-12(2)46)31(67-37)25(54)18(52)8-43/h15-34,43-44,49-58H,5-10H2,1-4H3,(H,39,45)(H,40,46)(H,41,47)(H,42,48)(H,59,60)(H,61,62)/t15-,16-,17+,18+,19+,20+,21+,22+,23+,24+,25+,26-,27-,28+,29+,30+,31+,32-,33?,34-,37+,38-/m0/s1. The van der Waals surface area contributed by atoms with Crippen LogP contribution in [0.25, 0.3) is 0 Å². The Hall–Kier alpha value is -3.94. The molecule has 0 saturated carbocycles. The predicted molar refractivity (Wildman–Crippen MR) is 215 cm³/mol. The zero-order chi connectivity index (χ0) is 52.0. The van der Waals surface area contributed by atoms with E-state index in [1.807, 2.05) is 0 Å². The molecule has 69 heavy (non-hydrogen) atoms. The van der Waals surface area contributed by atoms with Gasteiger partial charge in [-0.3, -0.25) is 19.2 Å². The van der Waals surface area contributed by atoms with Crippen LogP contribution >= 0.6 is 0 Å². The monoisotopic (exact) mass is 1010 g/mol. The average molecular weight is 1010 g/mol. The molecule has 0 aromatic carbocycles. The van der Waals surface area contributed by atoms with Crippen molar-refractivity contribution in [3.8, 4) is 0 Å². The van der Waals surface area contributed by atoms with Crippen molar-refractivity contribution >= 4 is 35.6 Å². The summed E-state index contributed by atoms with van der Waals surface area (Å²) in [7, 11) is 0. The minimum Gasteiger partial charge on any atom is -0.477 e. The summed E-state index contributed by atoms with van der Waals surface area (Å²) in [6.45, 7) is 0.0143. The van der Waals surface area contributed by atoms with E-state index in [9.17, 15) is 100 Å². The first-order valence-electron chi connectivity index (χ1n) is 21.3. The molecule has 0 radical (unpaired) electrons. The molecule has 0 spiro atoms. The van der Waals surface area contributed by atoms with Crippen LogP contribution in [0.3, 0.4) is 0 Å². The fourth-order valence-electron chi connectivity index (χ4n) is 8.30. The molecule has 31 heteroatoms. The van der Waals surface area contributed by atoms with Crippen molar-refractivity contribution < 1.29 is 133 Å². The van der Waals surface area contributed by atoms with Crippen molar-refractivity contribution in [2.24, 2.45) is 0 Å². The van der Waals surface area contributed by atoms with Crippen LogP contribution in [0, 0.1) is 0 Å². The van der Waals surface area contributed by atoms with Gasteiger partial charge in [0.05, 0.1) is 50.2 Å². The highest BCUT2D eigenvalue weighted by Crippen LogP contribution is 2.39. The molecule has 1 unspecified atom stereocenters. The SMILES string of the molecule is CC(=O)NC[C@@H](O)[C@@H](O)[C@@H]1O[C@@](O[C@H]2[C@@H](O)[C@@H](CO)O[C@@H](O[C@H]3[C@@H](O)[C@@H](CO[C@]4(C(=O)O)C[C@H](O)[C@@H](NC(C)=O)[C@H]([C@H](O)[C@H](O)CO)O4)OC(O)[C@@H]3NC(C)=O)[C@@H]2O)(C(=O)O)C[C@H](O)[C@H]1NC(C)=O.